The molecule has 0 aliphatic rings. The molecule has 0 spiro atoms. The third-order valence-corrected chi connectivity index (χ3v) is 3.86. The van der Waals surface area contributed by atoms with E-state index in [0.717, 1.165) is 23.0 Å². The highest BCUT2D eigenvalue weighted by molar-refractivity contribution is 9.10. The lowest BCUT2D eigenvalue weighted by molar-refractivity contribution is 0.542. The van der Waals surface area contributed by atoms with Crippen molar-refractivity contribution in [1.29, 1.82) is 0 Å². The molecule has 0 radical (unpaired) electrons. The van der Waals surface area contributed by atoms with Crippen LogP contribution in [0.5, 0.6) is 0 Å². The molecule has 100 valence electrons. The minimum Gasteiger partial charge on any atom is -0.310 e. The minimum absolute atomic E-state index is 0.124. The highest BCUT2D eigenvalue weighted by Gasteiger charge is 2.13. The smallest absolute Gasteiger partial charge is 0.123 e. The van der Waals surface area contributed by atoms with Crippen molar-refractivity contribution >= 4 is 15.9 Å². The molecule has 0 aliphatic carbocycles. The van der Waals surface area contributed by atoms with Gasteiger partial charge in [-0.15, -0.1) is 0 Å². The van der Waals surface area contributed by atoms with E-state index < -0.39 is 0 Å². The third-order valence-electron chi connectivity index (χ3n) is 3.08. The third kappa shape index (κ3) is 3.88. The molecule has 0 aliphatic heterocycles. The molecule has 1 N–H and O–H groups in total. The second kappa shape index (κ2) is 6.83. The summed E-state index contributed by atoms with van der Waals surface area (Å²) in [7, 11) is 0. The predicted octanol–water partition coefficient (Wildman–Crippen LogP) is 4.48. The molecule has 0 heterocycles. The Bertz CT molecular complexity index is 542. The number of benzene rings is 2. The molecule has 1 nitrogen and oxygen atoms in total. The summed E-state index contributed by atoms with van der Waals surface area (Å²) < 4.78 is 14.4. The lowest BCUT2D eigenvalue weighted by atomic mass is 9.99. The van der Waals surface area contributed by atoms with Gasteiger partial charge in [-0.1, -0.05) is 53.2 Å². The fourth-order valence-electron chi connectivity index (χ4n) is 2.16. The van der Waals surface area contributed by atoms with Gasteiger partial charge in [0, 0.05) is 10.5 Å². The first-order valence-corrected chi connectivity index (χ1v) is 7.22. The number of likely N-dealkylation sites (N-methyl/N-ethyl adjacent to an activating group) is 1. The molecule has 0 aromatic heterocycles. The van der Waals surface area contributed by atoms with Crippen LogP contribution < -0.4 is 5.32 Å². The van der Waals surface area contributed by atoms with Crippen LogP contribution in [0.2, 0.25) is 0 Å². The molecular formula is C16H17BrFN. The first-order valence-electron chi connectivity index (χ1n) is 6.43. The molecule has 0 amide bonds. The second-order valence-corrected chi connectivity index (χ2v) is 5.32. The van der Waals surface area contributed by atoms with Crippen LogP contribution in [0.1, 0.15) is 24.1 Å². The van der Waals surface area contributed by atoms with Gasteiger partial charge in [0.25, 0.3) is 0 Å². The van der Waals surface area contributed by atoms with E-state index in [-0.39, 0.29) is 11.9 Å². The maximum Gasteiger partial charge on any atom is 0.123 e. The number of nitrogens with one attached hydrogen (secondary N) is 1. The van der Waals surface area contributed by atoms with Gasteiger partial charge >= 0.3 is 0 Å². The van der Waals surface area contributed by atoms with Gasteiger partial charge in [0.2, 0.25) is 0 Å². The zero-order valence-electron chi connectivity index (χ0n) is 10.9. The van der Waals surface area contributed by atoms with Crippen LogP contribution in [0.25, 0.3) is 0 Å². The molecule has 0 fully saturated rings. The van der Waals surface area contributed by atoms with E-state index in [0.29, 0.717) is 0 Å². The maximum atomic E-state index is 13.3. The second-order valence-electron chi connectivity index (χ2n) is 4.46. The van der Waals surface area contributed by atoms with Crippen LogP contribution in [0.3, 0.4) is 0 Å². The molecule has 2 aromatic rings. The van der Waals surface area contributed by atoms with Crippen LogP contribution in [-0.2, 0) is 6.42 Å². The lowest BCUT2D eigenvalue weighted by Crippen LogP contribution is -2.23. The van der Waals surface area contributed by atoms with Gasteiger partial charge in [0.05, 0.1) is 0 Å². The van der Waals surface area contributed by atoms with Crippen molar-refractivity contribution in [2.45, 2.75) is 19.4 Å². The Labute approximate surface area is 122 Å². The van der Waals surface area contributed by atoms with Crippen LogP contribution in [0.4, 0.5) is 4.39 Å². The van der Waals surface area contributed by atoms with Gasteiger partial charge in [0.1, 0.15) is 5.82 Å². The molecule has 3 heteroatoms. The zero-order valence-corrected chi connectivity index (χ0v) is 12.5. The Morgan fingerprint density at radius 3 is 2.63 bits per heavy atom. The normalized spacial score (nSPS) is 12.4. The first kappa shape index (κ1) is 14.2. The van der Waals surface area contributed by atoms with Crippen molar-refractivity contribution in [3.05, 3.63) is 69.9 Å². The standard InChI is InChI=1S/C16H17BrFN/c1-2-19-16(13-7-5-8-14(18)10-13)11-12-6-3-4-9-15(12)17/h3-10,16,19H,2,11H2,1H3. The summed E-state index contributed by atoms with van der Waals surface area (Å²) >= 11 is 3.56. The van der Waals surface area contributed by atoms with E-state index in [9.17, 15) is 4.39 Å². The van der Waals surface area contributed by atoms with Gasteiger partial charge in [-0.25, -0.2) is 4.39 Å². The first-order chi connectivity index (χ1) is 9.20. The van der Waals surface area contributed by atoms with E-state index in [1.54, 1.807) is 12.1 Å². The number of hydrogen-bond donors (Lipinski definition) is 1. The quantitative estimate of drug-likeness (QED) is 0.856. The van der Waals surface area contributed by atoms with E-state index in [2.05, 4.69) is 34.2 Å². The molecule has 1 atom stereocenters. The van der Waals surface area contributed by atoms with Crippen molar-refractivity contribution in [2.75, 3.05) is 6.54 Å². The van der Waals surface area contributed by atoms with E-state index >= 15 is 0 Å². The Morgan fingerprint density at radius 1 is 1.16 bits per heavy atom. The van der Waals surface area contributed by atoms with Crippen LogP contribution in [0.15, 0.2) is 53.0 Å². The molecule has 0 bridgehead atoms. The zero-order chi connectivity index (χ0) is 13.7. The average molecular weight is 322 g/mol. The van der Waals surface area contributed by atoms with E-state index in [1.165, 1.54) is 11.6 Å². The molecule has 1 unspecified atom stereocenters. The average Bonchev–Trinajstić information content (AvgIpc) is 2.40. The summed E-state index contributed by atoms with van der Waals surface area (Å²) in [5.41, 5.74) is 2.20. The van der Waals surface area contributed by atoms with Gasteiger partial charge in [-0.3, -0.25) is 0 Å². The molecule has 19 heavy (non-hydrogen) atoms. The van der Waals surface area contributed by atoms with Crippen LogP contribution in [-0.4, -0.2) is 6.54 Å². The monoisotopic (exact) mass is 321 g/mol. The maximum absolute atomic E-state index is 13.3. The summed E-state index contributed by atoms with van der Waals surface area (Å²) in [6.45, 7) is 2.91. The van der Waals surface area contributed by atoms with Crippen molar-refractivity contribution in [3.8, 4) is 0 Å². The van der Waals surface area contributed by atoms with Crippen molar-refractivity contribution < 1.29 is 4.39 Å². The van der Waals surface area contributed by atoms with Gasteiger partial charge in [0.15, 0.2) is 0 Å². The Balaban J connectivity index is 2.24. The summed E-state index contributed by atoms with van der Waals surface area (Å²) in [6, 6.07) is 15.1. The van der Waals surface area contributed by atoms with Crippen LogP contribution in [0, 0.1) is 5.82 Å². The summed E-state index contributed by atoms with van der Waals surface area (Å²) in [5, 5.41) is 3.41. The fraction of sp³-hybridized carbons (Fsp3) is 0.250. The topological polar surface area (TPSA) is 12.0 Å². The van der Waals surface area contributed by atoms with Gasteiger partial charge < -0.3 is 5.32 Å². The van der Waals surface area contributed by atoms with Crippen molar-refractivity contribution in [2.24, 2.45) is 0 Å². The summed E-state index contributed by atoms with van der Waals surface area (Å²) in [6.07, 6.45) is 0.832. The van der Waals surface area contributed by atoms with Crippen LogP contribution >= 0.6 is 15.9 Å². The number of rotatable bonds is 5. The Kier molecular flexibility index (Phi) is 5.11. The molecule has 2 rings (SSSR count). The largest absolute Gasteiger partial charge is 0.310 e. The van der Waals surface area contributed by atoms with Crippen molar-refractivity contribution in [3.63, 3.8) is 0 Å². The summed E-state index contributed by atoms with van der Waals surface area (Å²) in [5.74, 6) is -0.187. The van der Waals surface area contributed by atoms with Crippen molar-refractivity contribution in [1.82, 2.24) is 5.32 Å². The minimum atomic E-state index is -0.187. The predicted molar refractivity (Wildman–Crippen MR) is 80.7 cm³/mol. The number of halogens is 2. The Hall–Kier alpha value is -1.19. The van der Waals surface area contributed by atoms with E-state index in [1.807, 2.05) is 24.3 Å². The molecular weight excluding hydrogens is 305 g/mol. The highest BCUT2D eigenvalue weighted by atomic mass is 79.9. The molecule has 0 saturated carbocycles. The lowest BCUT2D eigenvalue weighted by Gasteiger charge is -2.19. The molecule has 0 saturated heterocycles. The Morgan fingerprint density at radius 2 is 1.95 bits per heavy atom. The number of hydrogen-bond acceptors (Lipinski definition) is 1. The highest BCUT2D eigenvalue weighted by Crippen LogP contribution is 2.24. The van der Waals surface area contributed by atoms with E-state index in [4.69, 9.17) is 0 Å². The van der Waals surface area contributed by atoms with Gasteiger partial charge in [-0.2, -0.15) is 0 Å². The van der Waals surface area contributed by atoms with Gasteiger partial charge in [-0.05, 0) is 42.3 Å². The molecule has 2 aromatic carbocycles. The summed E-state index contributed by atoms with van der Waals surface area (Å²) in [4.78, 5) is 0. The SMILES string of the molecule is CCNC(Cc1ccccc1Br)c1cccc(F)c1. The fourth-order valence-corrected chi connectivity index (χ4v) is 2.61.